The molecule has 1 fully saturated rings. The van der Waals surface area contributed by atoms with E-state index in [2.05, 4.69) is 0 Å². The first-order valence-electron chi connectivity index (χ1n) is 8.74. The molecule has 1 aromatic rings. The van der Waals surface area contributed by atoms with Gasteiger partial charge in [0.1, 0.15) is 18.8 Å². The number of carbonyl (C=O) groups excluding carboxylic acids is 3. The smallest absolute Gasteiger partial charge is 0.303 e. The highest BCUT2D eigenvalue weighted by atomic mass is 16.7. The van der Waals surface area contributed by atoms with Crippen molar-refractivity contribution in [1.82, 2.24) is 0 Å². The van der Waals surface area contributed by atoms with Crippen LogP contribution in [0.2, 0.25) is 0 Å². The SMILES string of the molecule is CC(=O)OC[C@H]1O[C@H](O)[C@H](OCc2ccccc2)[C@@H](OC(C)=O)[C@H]1OC(C)=O. The second-order valence-corrected chi connectivity index (χ2v) is 6.28. The predicted molar refractivity (Wildman–Crippen MR) is 93.6 cm³/mol. The molecule has 0 saturated carbocycles. The van der Waals surface area contributed by atoms with E-state index in [9.17, 15) is 19.5 Å². The maximum Gasteiger partial charge on any atom is 0.303 e. The zero-order valence-electron chi connectivity index (χ0n) is 15.9. The van der Waals surface area contributed by atoms with Gasteiger partial charge in [0.05, 0.1) is 6.61 Å². The van der Waals surface area contributed by atoms with E-state index in [0.29, 0.717) is 0 Å². The van der Waals surface area contributed by atoms with Crippen LogP contribution in [-0.2, 0) is 44.7 Å². The highest BCUT2D eigenvalue weighted by molar-refractivity contribution is 5.67. The van der Waals surface area contributed by atoms with Crippen LogP contribution in [0, 0.1) is 0 Å². The molecule has 0 aliphatic carbocycles. The summed E-state index contributed by atoms with van der Waals surface area (Å²) >= 11 is 0. The molecule has 2 rings (SSSR count). The predicted octanol–water partition coefficient (Wildman–Crippen LogP) is 0.715. The summed E-state index contributed by atoms with van der Waals surface area (Å²) in [5.74, 6) is -1.89. The minimum Gasteiger partial charge on any atom is -0.463 e. The van der Waals surface area contributed by atoms with Gasteiger partial charge in [-0.2, -0.15) is 0 Å². The van der Waals surface area contributed by atoms with Crippen molar-refractivity contribution >= 4 is 17.9 Å². The first-order valence-corrected chi connectivity index (χ1v) is 8.74. The van der Waals surface area contributed by atoms with Gasteiger partial charge in [-0.3, -0.25) is 14.4 Å². The Morgan fingerprint density at radius 1 is 0.929 bits per heavy atom. The number of rotatable bonds is 7. The summed E-state index contributed by atoms with van der Waals surface area (Å²) in [6.07, 6.45) is -5.95. The minimum atomic E-state index is -1.50. The largest absolute Gasteiger partial charge is 0.463 e. The van der Waals surface area contributed by atoms with Gasteiger partial charge in [0.25, 0.3) is 0 Å². The number of ether oxygens (including phenoxy) is 5. The van der Waals surface area contributed by atoms with E-state index in [0.717, 1.165) is 5.56 Å². The summed E-state index contributed by atoms with van der Waals surface area (Å²) < 4.78 is 26.6. The molecule has 1 heterocycles. The fourth-order valence-corrected chi connectivity index (χ4v) is 2.83. The number of hydrogen-bond donors (Lipinski definition) is 1. The number of benzene rings is 1. The van der Waals surface area contributed by atoms with E-state index < -0.39 is 48.6 Å². The fourth-order valence-electron chi connectivity index (χ4n) is 2.83. The van der Waals surface area contributed by atoms with Crippen molar-refractivity contribution in [3.8, 4) is 0 Å². The molecule has 154 valence electrons. The Morgan fingerprint density at radius 3 is 2.11 bits per heavy atom. The van der Waals surface area contributed by atoms with E-state index in [1.54, 1.807) is 0 Å². The van der Waals surface area contributed by atoms with Crippen LogP contribution in [0.4, 0.5) is 0 Å². The van der Waals surface area contributed by atoms with E-state index in [1.165, 1.54) is 20.8 Å². The van der Waals surface area contributed by atoms with E-state index in [4.69, 9.17) is 23.7 Å². The average molecular weight is 396 g/mol. The molecule has 0 amide bonds. The molecule has 0 unspecified atom stereocenters. The summed E-state index contributed by atoms with van der Waals surface area (Å²) in [7, 11) is 0. The minimum absolute atomic E-state index is 0.102. The first kappa shape index (κ1) is 21.8. The second kappa shape index (κ2) is 10.2. The molecule has 0 bridgehead atoms. The van der Waals surface area contributed by atoms with Crippen LogP contribution >= 0.6 is 0 Å². The van der Waals surface area contributed by atoms with Crippen molar-refractivity contribution in [3.05, 3.63) is 35.9 Å². The summed E-state index contributed by atoms with van der Waals surface area (Å²) in [5.41, 5.74) is 0.822. The maximum absolute atomic E-state index is 11.6. The topological polar surface area (TPSA) is 118 Å². The molecule has 9 heteroatoms. The Hall–Kier alpha value is -2.49. The van der Waals surface area contributed by atoms with Gasteiger partial charge in [-0.15, -0.1) is 0 Å². The van der Waals surface area contributed by atoms with Crippen LogP contribution < -0.4 is 0 Å². The molecular formula is C19H24O9. The zero-order valence-corrected chi connectivity index (χ0v) is 15.9. The van der Waals surface area contributed by atoms with Gasteiger partial charge in [0.2, 0.25) is 0 Å². The maximum atomic E-state index is 11.6. The molecule has 1 saturated heterocycles. The first-order chi connectivity index (χ1) is 13.3. The third-order valence-corrected chi connectivity index (χ3v) is 3.95. The van der Waals surface area contributed by atoms with E-state index >= 15 is 0 Å². The molecule has 1 aromatic carbocycles. The average Bonchev–Trinajstić information content (AvgIpc) is 2.62. The standard InChI is InChI=1S/C19H24O9/c1-11(20)24-10-15-16(26-12(2)21)17(27-13(3)22)18(19(23)28-15)25-9-14-7-5-4-6-8-14/h4-8,15-19,23H,9-10H2,1-3H3/t15-,16+,17+,18-,19+/m1/s1. The summed E-state index contributed by atoms with van der Waals surface area (Å²) in [4.78, 5) is 34.3. The Balaban J connectivity index is 2.22. The normalized spacial score (nSPS) is 26.9. The monoisotopic (exact) mass is 396 g/mol. The number of hydrogen-bond acceptors (Lipinski definition) is 9. The molecule has 28 heavy (non-hydrogen) atoms. The van der Waals surface area contributed by atoms with Gasteiger partial charge in [0.15, 0.2) is 18.5 Å². The van der Waals surface area contributed by atoms with Crippen LogP contribution in [0.3, 0.4) is 0 Å². The molecule has 1 aliphatic rings. The van der Waals surface area contributed by atoms with Gasteiger partial charge in [0, 0.05) is 20.8 Å². The number of aliphatic hydroxyl groups excluding tert-OH is 1. The molecular weight excluding hydrogens is 372 g/mol. The highest BCUT2D eigenvalue weighted by Gasteiger charge is 2.50. The molecule has 0 aromatic heterocycles. The Bertz CT molecular complexity index is 675. The Kier molecular flexibility index (Phi) is 7.91. The lowest BCUT2D eigenvalue weighted by Gasteiger charge is -2.43. The van der Waals surface area contributed by atoms with Gasteiger partial charge in [-0.05, 0) is 5.56 Å². The van der Waals surface area contributed by atoms with Crippen molar-refractivity contribution in [1.29, 1.82) is 0 Å². The van der Waals surface area contributed by atoms with Gasteiger partial charge >= 0.3 is 17.9 Å². The third-order valence-electron chi connectivity index (χ3n) is 3.95. The van der Waals surface area contributed by atoms with Crippen LogP contribution in [0.15, 0.2) is 30.3 Å². The van der Waals surface area contributed by atoms with Crippen molar-refractivity contribution in [2.75, 3.05) is 6.61 Å². The Labute approximate surface area is 162 Å². The molecule has 5 atom stereocenters. The lowest BCUT2D eigenvalue weighted by molar-refractivity contribution is -0.303. The van der Waals surface area contributed by atoms with Gasteiger partial charge in [-0.1, -0.05) is 30.3 Å². The summed E-state index contributed by atoms with van der Waals surface area (Å²) in [5, 5.41) is 10.4. The number of aliphatic hydroxyl groups is 1. The summed E-state index contributed by atoms with van der Waals surface area (Å²) in [6, 6.07) is 9.15. The summed E-state index contributed by atoms with van der Waals surface area (Å²) in [6.45, 7) is 3.37. The molecule has 0 spiro atoms. The number of esters is 3. The van der Waals surface area contributed by atoms with Crippen molar-refractivity contribution in [2.24, 2.45) is 0 Å². The van der Waals surface area contributed by atoms with Crippen LogP contribution in [0.25, 0.3) is 0 Å². The number of carbonyl (C=O) groups is 3. The Morgan fingerprint density at radius 2 is 1.54 bits per heavy atom. The van der Waals surface area contributed by atoms with Gasteiger partial charge < -0.3 is 28.8 Å². The van der Waals surface area contributed by atoms with Crippen molar-refractivity contribution < 1.29 is 43.2 Å². The van der Waals surface area contributed by atoms with Crippen LogP contribution in [0.5, 0.6) is 0 Å². The van der Waals surface area contributed by atoms with Crippen molar-refractivity contribution in [3.63, 3.8) is 0 Å². The molecule has 9 nitrogen and oxygen atoms in total. The van der Waals surface area contributed by atoms with Crippen LogP contribution in [-0.4, -0.2) is 60.3 Å². The van der Waals surface area contributed by atoms with Gasteiger partial charge in [-0.25, -0.2) is 0 Å². The molecule has 1 aliphatic heterocycles. The quantitative estimate of drug-likeness (QED) is 0.525. The lowest BCUT2D eigenvalue weighted by Crippen LogP contribution is -2.62. The highest BCUT2D eigenvalue weighted by Crippen LogP contribution is 2.28. The zero-order chi connectivity index (χ0) is 20.7. The lowest BCUT2D eigenvalue weighted by atomic mass is 9.98. The van der Waals surface area contributed by atoms with E-state index in [-0.39, 0.29) is 13.2 Å². The molecule has 1 N–H and O–H groups in total. The van der Waals surface area contributed by atoms with Crippen molar-refractivity contribution in [2.45, 2.75) is 58.1 Å². The fraction of sp³-hybridized carbons (Fsp3) is 0.526. The molecule has 0 radical (unpaired) electrons. The third kappa shape index (κ3) is 6.29. The second-order valence-electron chi connectivity index (χ2n) is 6.28. The van der Waals surface area contributed by atoms with E-state index in [1.807, 2.05) is 30.3 Å². The van der Waals surface area contributed by atoms with Crippen LogP contribution in [0.1, 0.15) is 26.3 Å².